The largest absolute Gasteiger partial charge is 0.444 e. The summed E-state index contributed by atoms with van der Waals surface area (Å²) in [6.45, 7) is 8.81. The number of ether oxygens (including phenoxy) is 1. The molecule has 16 heavy (non-hydrogen) atoms. The smallest absolute Gasteiger partial charge is 0.410 e. The summed E-state index contributed by atoms with van der Waals surface area (Å²) in [5, 5.41) is 9.71. The predicted octanol–water partition coefficient (Wildman–Crippen LogP) is 2.01. The van der Waals surface area contributed by atoms with Crippen LogP contribution in [-0.2, 0) is 4.74 Å². The van der Waals surface area contributed by atoms with Gasteiger partial charge >= 0.3 is 6.09 Å². The van der Waals surface area contributed by atoms with Crippen molar-refractivity contribution in [3.63, 3.8) is 0 Å². The lowest BCUT2D eigenvalue weighted by molar-refractivity contribution is 0.0212. The highest BCUT2D eigenvalue weighted by Gasteiger charge is 2.28. The van der Waals surface area contributed by atoms with E-state index >= 15 is 0 Å². The number of aliphatic hydroxyl groups is 1. The Hall–Kier alpha value is -0.770. The second kappa shape index (κ2) is 5.04. The molecule has 0 aromatic rings. The van der Waals surface area contributed by atoms with Crippen LogP contribution in [0.5, 0.6) is 0 Å². The maximum atomic E-state index is 11.8. The molecule has 0 aromatic heterocycles. The molecule has 1 fully saturated rings. The SMILES string of the molecule is C[C@@H]1CN(C(=O)OC(C)(C)C)CCC[C@H]1O. The molecule has 4 heteroatoms. The molecule has 94 valence electrons. The van der Waals surface area contributed by atoms with Crippen molar-refractivity contribution in [1.29, 1.82) is 0 Å². The summed E-state index contributed by atoms with van der Waals surface area (Å²) in [4.78, 5) is 13.5. The summed E-state index contributed by atoms with van der Waals surface area (Å²) in [6.07, 6.45) is 1.03. The summed E-state index contributed by atoms with van der Waals surface area (Å²) in [7, 11) is 0. The minimum Gasteiger partial charge on any atom is -0.444 e. The fourth-order valence-corrected chi connectivity index (χ4v) is 1.83. The van der Waals surface area contributed by atoms with E-state index < -0.39 is 5.60 Å². The highest BCUT2D eigenvalue weighted by atomic mass is 16.6. The Kier molecular flexibility index (Phi) is 4.19. The van der Waals surface area contributed by atoms with E-state index in [0.717, 1.165) is 12.8 Å². The summed E-state index contributed by atoms with van der Waals surface area (Å²) in [5.41, 5.74) is -0.453. The van der Waals surface area contributed by atoms with Crippen molar-refractivity contribution in [3.05, 3.63) is 0 Å². The van der Waals surface area contributed by atoms with E-state index in [4.69, 9.17) is 4.74 Å². The van der Waals surface area contributed by atoms with Crippen LogP contribution in [0.3, 0.4) is 0 Å². The first-order chi connectivity index (χ1) is 7.29. The zero-order chi connectivity index (χ0) is 12.3. The fraction of sp³-hybridized carbons (Fsp3) is 0.917. The molecule has 0 radical (unpaired) electrons. The lowest BCUT2D eigenvalue weighted by Gasteiger charge is -2.27. The third-order valence-corrected chi connectivity index (χ3v) is 2.74. The first-order valence-electron chi connectivity index (χ1n) is 5.95. The van der Waals surface area contributed by atoms with Gasteiger partial charge in [-0.15, -0.1) is 0 Å². The summed E-state index contributed by atoms with van der Waals surface area (Å²) >= 11 is 0. The third-order valence-electron chi connectivity index (χ3n) is 2.74. The highest BCUT2D eigenvalue weighted by molar-refractivity contribution is 5.68. The first-order valence-corrected chi connectivity index (χ1v) is 5.95. The summed E-state index contributed by atoms with van der Waals surface area (Å²) in [5.74, 6) is 0.120. The Morgan fingerprint density at radius 2 is 2.06 bits per heavy atom. The van der Waals surface area contributed by atoms with Crippen molar-refractivity contribution in [2.45, 2.75) is 52.2 Å². The van der Waals surface area contributed by atoms with Gasteiger partial charge in [0, 0.05) is 13.1 Å². The van der Waals surface area contributed by atoms with E-state index in [0.29, 0.717) is 13.1 Å². The number of aliphatic hydroxyl groups excluding tert-OH is 1. The molecule has 4 nitrogen and oxygen atoms in total. The average Bonchev–Trinajstić information content (AvgIpc) is 2.27. The molecule has 1 heterocycles. The van der Waals surface area contributed by atoms with E-state index in [1.165, 1.54) is 0 Å². The van der Waals surface area contributed by atoms with E-state index in [9.17, 15) is 9.90 Å². The number of hydrogen-bond donors (Lipinski definition) is 1. The van der Waals surface area contributed by atoms with E-state index in [-0.39, 0.29) is 18.1 Å². The Balaban J connectivity index is 2.56. The Bertz CT molecular complexity index is 247. The minimum atomic E-state index is -0.453. The van der Waals surface area contributed by atoms with Crippen molar-refractivity contribution in [2.24, 2.45) is 5.92 Å². The van der Waals surface area contributed by atoms with Gasteiger partial charge < -0.3 is 14.7 Å². The van der Waals surface area contributed by atoms with Gasteiger partial charge in [-0.1, -0.05) is 6.92 Å². The van der Waals surface area contributed by atoms with Gasteiger partial charge in [-0.05, 0) is 39.5 Å². The number of hydrogen-bond acceptors (Lipinski definition) is 3. The van der Waals surface area contributed by atoms with Gasteiger partial charge in [0.25, 0.3) is 0 Å². The van der Waals surface area contributed by atoms with Gasteiger partial charge in [0.05, 0.1) is 6.10 Å². The fourth-order valence-electron chi connectivity index (χ4n) is 1.83. The molecule has 2 atom stereocenters. The van der Waals surface area contributed by atoms with Gasteiger partial charge in [0.2, 0.25) is 0 Å². The van der Waals surface area contributed by atoms with Crippen LogP contribution in [0.1, 0.15) is 40.5 Å². The van der Waals surface area contributed by atoms with Crippen LogP contribution in [0.15, 0.2) is 0 Å². The Morgan fingerprint density at radius 3 is 2.62 bits per heavy atom. The van der Waals surface area contributed by atoms with Crippen LogP contribution in [0.4, 0.5) is 4.79 Å². The monoisotopic (exact) mass is 229 g/mol. The molecule has 0 unspecified atom stereocenters. The van der Waals surface area contributed by atoms with Crippen molar-refractivity contribution < 1.29 is 14.6 Å². The average molecular weight is 229 g/mol. The molecule has 0 aromatic carbocycles. The molecular weight excluding hydrogens is 206 g/mol. The van der Waals surface area contributed by atoms with Crippen LogP contribution < -0.4 is 0 Å². The minimum absolute atomic E-state index is 0.120. The molecular formula is C12H23NO3. The van der Waals surface area contributed by atoms with Gasteiger partial charge in [0.1, 0.15) is 5.60 Å². The van der Waals surface area contributed by atoms with Gasteiger partial charge in [-0.3, -0.25) is 0 Å². The molecule has 1 aliphatic heterocycles. The second-order valence-corrected chi connectivity index (χ2v) is 5.61. The van der Waals surface area contributed by atoms with E-state index in [1.54, 1.807) is 4.90 Å². The molecule has 0 spiro atoms. The van der Waals surface area contributed by atoms with E-state index in [1.807, 2.05) is 27.7 Å². The molecule has 0 saturated carbocycles. The van der Waals surface area contributed by atoms with Gasteiger partial charge in [0.15, 0.2) is 0 Å². The number of nitrogens with zero attached hydrogens (tertiary/aromatic N) is 1. The number of amides is 1. The molecule has 1 aliphatic rings. The molecule has 0 aliphatic carbocycles. The van der Waals surface area contributed by atoms with Crippen LogP contribution in [0.2, 0.25) is 0 Å². The maximum absolute atomic E-state index is 11.8. The lowest BCUT2D eigenvalue weighted by Crippen LogP contribution is -2.39. The predicted molar refractivity (Wildman–Crippen MR) is 62.2 cm³/mol. The van der Waals surface area contributed by atoms with Crippen molar-refractivity contribution in [3.8, 4) is 0 Å². The zero-order valence-corrected chi connectivity index (χ0v) is 10.7. The lowest BCUT2D eigenvalue weighted by atomic mass is 10.0. The quantitative estimate of drug-likeness (QED) is 0.691. The van der Waals surface area contributed by atoms with Crippen molar-refractivity contribution in [2.75, 3.05) is 13.1 Å². The maximum Gasteiger partial charge on any atom is 0.410 e. The standard InChI is InChI=1S/C12H23NO3/c1-9-8-13(7-5-6-10(9)14)11(15)16-12(2,3)4/h9-10,14H,5-8H2,1-4H3/t9-,10-/m1/s1. The van der Waals surface area contributed by atoms with Crippen LogP contribution >= 0.6 is 0 Å². The van der Waals surface area contributed by atoms with Crippen LogP contribution in [-0.4, -0.2) is 40.9 Å². The molecule has 1 saturated heterocycles. The van der Waals surface area contributed by atoms with E-state index in [2.05, 4.69) is 0 Å². The normalized spacial score (nSPS) is 27.4. The first kappa shape index (κ1) is 13.3. The summed E-state index contributed by atoms with van der Waals surface area (Å²) < 4.78 is 5.32. The zero-order valence-electron chi connectivity index (χ0n) is 10.7. The van der Waals surface area contributed by atoms with Crippen molar-refractivity contribution in [1.82, 2.24) is 4.90 Å². The van der Waals surface area contributed by atoms with Gasteiger partial charge in [-0.2, -0.15) is 0 Å². The molecule has 1 N–H and O–H groups in total. The topological polar surface area (TPSA) is 49.8 Å². The summed E-state index contributed by atoms with van der Waals surface area (Å²) in [6, 6.07) is 0. The second-order valence-electron chi connectivity index (χ2n) is 5.61. The van der Waals surface area contributed by atoms with Crippen LogP contribution in [0.25, 0.3) is 0 Å². The Labute approximate surface area is 97.6 Å². The molecule has 0 bridgehead atoms. The number of carbonyl (C=O) groups is 1. The number of likely N-dealkylation sites (tertiary alicyclic amines) is 1. The third kappa shape index (κ3) is 4.00. The highest BCUT2D eigenvalue weighted by Crippen LogP contribution is 2.19. The molecule has 1 rings (SSSR count). The van der Waals surface area contributed by atoms with Crippen LogP contribution in [0, 0.1) is 5.92 Å². The number of carbonyl (C=O) groups excluding carboxylic acids is 1. The Morgan fingerprint density at radius 1 is 1.44 bits per heavy atom. The molecule has 1 amide bonds. The number of rotatable bonds is 0. The van der Waals surface area contributed by atoms with Crippen molar-refractivity contribution >= 4 is 6.09 Å². The van der Waals surface area contributed by atoms with Gasteiger partial charge in [-0.25, -0.2) is 4.79 Å².